The normalized spacial score (nSPS) is 15.3. The van der Waals surface area contributed by atoms with Crippen LogP contribution in [0.25, 0.3) is 0 Å². The Morgan fingerprint density at radius 1 is 1.56 bits per heavy atom. The second-order valence-corrected chi connectivity index (χ2v) is 1.47. The standard InChI is InChI=1S/C5H6N2O2/c8-5(9)7-4-2-1-3-6-7/h1-4,6H,(H,8,9)/p-1. The number of hydrogen-bond donors (Lipinski definition) is 1. The van der Waals surface area contributed by atoms with Crippen LogP contribution in [0, 0.1) is 0 Å². The molecule has 1 aliphatic heterocycles. The van der Waals surface area contributed by atoms with Gasteiger partial charge in [0.2, 0.25) is 0 Å². The third kappa shape index (κ3) is 1.22. The molecule has 0 saturated heterocycles. The highest BCUT2D eigenvalue weighted by Crippen LogP contribution is 1.89. The number of nitrogens with zero attached hydrogens (tertiary/aromatic N) is 1. The molecule has 0 unspecified atom stereocenters. The second-order valence-electron chi connectivity index (χ2n) is 1.47. The highest BCUT2D eigenvalue weighted by atomic mass is 16.4. The molecule has 0 atom stereocenters. The Hall–Kier alpha value is -1.45. The van der Waals surface area contributed by atoms with E-state index in [1.807, 2.05) is 0 Å². The zero-order valence-corrected chi connectivity index (χ0v) is 4.57. The van der Waals surface area contributed by atoms with Crippen LogP contribution in [-0.4, -0.2) is 11.1 Å². The van der Waals surface area contributed by atoms with Crippen molar-refractivity contribution in [3.63, 3.8) is 0 Å². The minimum Gasteiger partial charge on any atom is -0.528 e. The van der Waals surface area contributed by atoms with E-state index in [9.17, 15) is 9.90 Å². The summed E-state index contributed by atoms with van der Waals surface area (Å²) >= 11 is 0. The average Bonchev–Trinajstić information content (AvgIpc) is 1.90. The predicted octanol–water partition coefficient (Wildman–Crippen LogP) is -0.823. The maximum absolute atomic E-state index is 10.0. The lowest BCUT2D eigenvalue weighted by molar-refractivity contribution is -0.264. The fraction of sp³-hybridized carbons (Fsp3) is 0. The number of carboxylic acid groups (broad SMARTS) is 1. The molecule has 0 aromatic rings. The zero-order valence-electron chi connectivity index (χ0n) is 4.57. The number of carbonyl (C=O) groups is 1. The summed E-state index contributed by atoms with van der Waals surface area (Å²) in [6, 6.07) is 0. The van der Waals surface area contributed by atoms with E-state index in [0.29, 0.717) is 0 Å². The lowest BCUT2D eigenvalue weighted by atomic mass is 10.5. The van der Waals surface area contributed by atoms with Gasteiger partial charge in [-0.1, -0.05) is 0 Å². The summed E-state index contributed by atoms with van der Waals surface area (Å²) in [5, 5.41) is 10.9. The summed E-state index contributed by atoms with van der Waals surface area (Å²) in [5.74, 6) is 0. The van der Waals surface area contributed by atoms with Gasteiger partial charge in [-0.3, -0.25) is 0 Å². The molecule has 0 bridgehead atoms. The molecule has 1 heterocycles. The van der Waals surface area contributed by atoms with Crippen LogP contribution in [0.1, 0.15) is 0 Å². The van der Waals surface area contributed by atoms with E-state index < -0.39 is 6.09 Å². The molecule has 1 amide bonds. The summed E-state index contributed by atoms with van der Waals surface area (Å²) in [5.41, 5.74) is 2.42. The zero-order chi connectivity index (χ0) is 6.69. The number of rotatable bonds is 0. The molecule has 0 spiro atoms. The first-order chi connectivity index (χ1) is 4.30. The molecule has 48 valence electrons. The SMILES string of the molecule is O=C([O-])N1C=CC=CN1. The molecule has 4 heteroatoms. The van der Waals surface area contributed by atoms with E-state index in [1.165, 1.54) is 12.4 Å². The Morgan fingerprint density at radius 2 is 2.33 bits per heavy atom. The van der Waals surface area contributed by atoms with E-state index in [4.69, 9.17) is 0 Å². The van der Waals surface area contributed by atoms with Gasteiger partial charge in [0.05, 0.1) is 0 Å². The number of hydrazine groups is 1. The molecule has 0 aromatic carbocycles. The van der Waals surface area contributed by atoms with Crippen molar-refractivity contribution in [1.29, 1.82) is 0 Å². The Kier molecular flexibility index (Phi) is 1.40. The first kappa shape index (κ1) is 5.68. The van der Waals surface area contributed by atoms with Crippen LogP contribution in [0.4, 0.5) is 4.79 Å². The highest BCUT2D eigenvalue weighted by molar-refractivity contribution is 5.63. The molecule has 0 fully saturated rings. The van der Waals surface area contributed by atoms with Crippen LogP contribution in [0.2, 0.25) is 0 Å². The number of allylic oxidation sites excluding steroid dienone is 2. The van der Waals surface area contributed by atoms with E-state index in [2.05, 4.69) is 5.43 Å². The Morgan fingerprint density at radius 3 is 2.67 bits per heavy atom. The first-order valence-corrected chi connectivity index (χ1v) is 2.40. The van der Waals surface area contributed by atoms with Crippen LogP contribution in [0.5, 0.6) is 0 Å². The van der Waals surface area contributed by atoms with Gasteiger partial charge in [-0.2, -0.15) is 0 Å². The molecule has 0 radical (unpaired) electrons. The van der Waals surface area contributed by atoms with Crippen molar-refractivity contribution in [1.82, 2.24) is 10.4 Å². The fourth-order valence-electron chi connectivity index (χ4n) is 0.471. The van der Waals surface area contributed by atoms with Crippen molar-refractivity contribution in [2.75, 3.05) is 0 Å². The Labute approximate surface area is 52.0 Å². The fourth-order valence-corrected chi connectivity index (χ4v) is 0.471. The van der Waals surface area contributed by atoms with Crippen molar-refractivity contribution in [2.45, 2.75) is 0 Å². The van der Waals surface area contributed by atoms with Crippen LogP contribution < -0.4 is 10.5 Å². The molecule has 1 rings (SSSR count). The maximum atomic E-state index is 10.0. The van der Waals surface area contributed by atoms with E-state index in [1.54, 1.807) is 12.2 Å². The predicted molar refractivity (Wildman–Crippen MR) is 28.7 cm³/mol. The monoisotopic (exact) mass is 125 g/mol. The summed E-state index contributed by atoms with van der Waals surface area (Å²) in [6.45, 7) is 0. The summed E-state index contributed by atoms with van der Waals surface area (Å²) in [4.78, 5) is 10.0. The van der Waals surface area contributed by atoms with Gasteiger partial charge in [-0.15, -0.1) is 0 Å². The minimum absolute atomic E-state index is 0.847. The molecule has 1 aliphatic rings. The second kappa shape index (κ2) is 2.21. The van der Waals surface area contributed by atoms with Gasteiger partial charge in [0.15, 0.2) is 6.09 Å². The molecule has 0 saturated carbocycles. The summed E-state index contributed by atoms with van der Waals surface area (Å²) < 4.78 is 0. The van der Waals surface area contributed by atoms with E-state index in [-0.39, 0.29) is 0 Å². The van der Waals surface area contributed by atoms with Crippen molar-refractivity contribution in [3.05, 3.63) is 24.6 Å². The quantitative estimate of drug-likeness (QED) is 0.460. The van der Waals surface area contributed by atoms with Crippen molar-refractivity contribution < 1.29 is 9.90 Å². The number of amides is 1. The van der Waals surface area contributed by atoms with Crippen LogP contribution in [0.3, 0.4) is 0 Å². The largest absolute Gasteiger partial charge is 0.528 e. The third-order valence-electron chi connectivity index (χ3n) is 0.853. The summed E-state index contributed by atoms with van der Waals surface area (Å²) in [6.07, 6.45) is 4.85. The van der Waals surface area contributed by atoms with E-state index >= 15 is 0 Å². The van der Waals surface area contributed by atoms with Crippen molar-refractivity contribution >= 4 is 6.09 Å². The molecular weight excluding hydrogens is 120 g/mol. The van der Waals surface area contributed by atoms with Crippen LogP contribution in [-0.2, 0) is 0 Å². The first-order valence-electron chi connectivity index (χ1n) is 2.40. The Balaban J connectivity index is 2.56. The topological polar surface area (TPSA) is 55.4 Å². The molecule has 9 heavy (non-hydrogen) atoms. The minimum atomic E-state index is -1.27. The number of carbonyl (C=O) groups excluding carboxylic acids is 1. The summed E-state index contributed by atoms with van der Waals surface area (Å²) in [7, 11) is 0. The number of nitrogens with one attached hydrogen (secondary N) is 1. The van der Waals surface area contributed by atoms with Crippen LogP contribution in [0.15, 0.2) is 24.6 Å². The average molecular weight is 125 g/mol. The van der Waals surface area contributed by atoms with Gasteiger partial charge in [0, 0.05) is 12.4 Å². The lowest BCUT2D eigenvalue weighted by Gasteiger charge is -2.21. The van der Waals surface area contributed by atoms with Crippen molar-refractivity contribution in [2.24, 2.45) is 0 Å². The molecule has 0 aromatic heterocycles. The van der Waals surface area contributed by atoms with Gasteiger partial charge < -0.3 is 15.3 Å². The van der Waals surface area contributed by atoms with Gasteiger partial charge >= 0.3 is 0 Å². The van der Waals surface area contributed by atoms with Crippen LogP contribution >= 0.6 is 0 Å². The number of hydrogen-bond acceptors (Lipinski definition) is 3. The third-order valence-corrected chi connectivity index (χ3v) is 0.853. The molecule has 4 nitrogen and oxygen atoms in total. The van der Waals surface area contributed by atoms with Gasteiger partial charge in [-0.05, 0) is 12.2 Å². The van der Waals surface area contributed by atoms with E-state index in [0.717, 1.165) is 5.01 Å². The lowest BCUT2D eigenvalue weighted by Crippen LogP contribution is -2.44. The maximum Gasteiger partial charge on any atom is 0.161 e. The highest BCUT2D eigenvalue weighted by Gasteiger charge is 1.95. The van der Waals surface area contributed by atoms with Gasteiger partial charge in [0.1, 0.15) is 0 Å². The van der Waals surface area contributed by atoms with Crippen molar-refractivity contribution in [3.8, 4) is 0 Å². The molecular formula is C5H5N2O2-. The Bertz CT molecular complexity index is 174. The van der Waals surface area contributed by atoms with Gasteiger partial charge in [-0.25, -0.2) is 5.01 Å². The molecule has 1 N–H and O–H groups in total. The van der Waals surface area contributed by atoms with Gasteiger partial charge in [0.25, 0.3) is 0 Å². The molecule has 0 aliphatic carbocycles. The smallest absolute Gasteiger partial charge is 0.161 e.